The maximum Gasteiger partial charge on any atom is 0.0701 e. The summed E-state index contributed by atoms with van der Waals surface area (Å²) in [6.45, 7) is 6.43. The molecule has 0 spiro atoms. The van der Waals surface area contributed by atoms with Gasteiger partial charge in [0.2, 0.25) is 0 Å². The standard InChI is InChI=1S/C23H29BrN2O4/c24-21-3-5-22(6-4-21)25-19-20-1-7-23(8-2-20)26-9-11-27-13-15-29-17-18-30-16-14-28-12-10-26/h1-8,19H,9-18H2. The highest BCUT2D eigenvalue weighted by Gasteiger charge is 2.07. The molecule has 1 aliphatic heterocycles. The number of hydrogen-bond acceptors (Lipinski definition) is 6. The Balaban J connectivity index is 1.57. The fourth-order valence-corrected chi connectivity index (χ4v) is 3.19. The molecule has 1 aliphatic rings. The van der Waals surface area contributed by atoms with Crippen LogP contribution in [-0.2, 0) is 18.9 Å². The Bertz CT molecular complexity index is 737. The van der Waals surface area contributed by atoms with Crippen molar-refractivity contribution < 1.29 is 18.9 Å². The van der Waals surface area contributed by atoms with E-state index in [-0.39, 0.29) is 0 Å². The molecule has 2 aromatic rings. The molecule has 3 rings (SSSR count). The molecule has 162 valence electrons. The number of hydrogen-bond donors (Lipinski definition) is 0. The number of nitrogens with zero attached hydrogens (tertiary/aromatic N) is 2. The first-order valence-corrected chi connectivity index (χ1v) is 11.1. The SMILES string of the molecule is Brc1ccc(N=Cc2ccc(N3CCOCCOCCOCCOCC3)cc2)cc1. The van der Waals surface area contributed by atoms with Gasteiger partial charge >= 0.3 is 0 Å². The minimum Gasteiger partial charge on any atom is -0.377 e. The lowest BCUT2D eigenvalue weighted by molar-refractivity contribution is 0.00206. The van der Waals surface area contributed by atoms with Crippen LogP contribution in [0.25, 0.3) is 0 Å². The fraction of sp³-hybridized carbons (Fsp3) is 0.435. The zero-order chi connectivity index (χ0) is 20.9. The number of rotatable bonds is 3. The maximum absolute atomic E-state index is 5.71. The first-order chi connectivity index (χ1) is 14.8. The van der Waals surface area contributed by atoms with Gasteiger partial charge in [0.25, 0.3) is 0 Å². The van der Waals surface area contributed by atoms with Crippen molar-refractivity contribution in [1.29, 1.82) is 0 Å². The van der Waals surface area contributed by atoms with Crippen LogP contribution in [0.3, 0.4) is 0 Å². The molecule has 1 heterocycles. The first-order valence-electron chi connectivity index (χ1n) is 10.3. The molecule has 0 N–H and O–H groups in total. The van der Waals surface area contributed by atoms with Crippen molar-refractivity contribution in [3.05, 3.63) is 58.6 Å². The van der Waals surface area contributed by atoms with Crippen LogP contribution >= 0.6 is 15.9 Å². The van der Waals surface area contributed by atoms with Gasteiger partial charge in [0.15, 0.2) is 0 Å². The Morgan fingerprint density at radius 2 is 1.17 bits per heavy atom. The smallest absolute Gasteiger partial charge is 0.0701 e. The molecule has 1 fully saturated rings. The molecule has 0 aromatic heterocycles. The van der Waals surface area contributed by atoms with Gasteiger partial charge in [-0.05, 0) is 42.0 Å². The second-order valence-electron chi connectivity index (χ2n) is 6.76. The molecule has 0 atom stereocenters. The lowest BCUT2D eigenvalue weighted by atomic mass is 10.2. The molecule has 0 saturated carbocycles. The highest BCUT2D eigenvalue weighted by atomic mass is 79.9. The largest absolute Gasteiger partial charge is 0.377 e. The van der Waals surface area contributed by atoms with Crippen LogP contribution in [0.2, 0.25) is 0 Å². The summed E-state index contributed by atoms with van der Waals surface area (Å²) in [4.78, 5) is 6.81. The van der Waals surface area contributed by atoms with Gasteiger partial charge in [-0.2, -0.15) is 0 Å². The van der Waals surface area contributed by atoms with Gasteiger partial charge in [-0.1, -0.05) is 28.1 Å². The Kier molecular flexibility index (Phi) is 10.3. The van der Waals surface area contributed by atoms with Crippen molar-refractivity contribution in [3.63, 3.8) is 0 Å². The van der Waals surface area contributed by atoms with Gasteiger partial charge < -0.3 is 23.8 Å². The minimum absolute atomic E-state index is 0.590. The van der Waals surface area contributed by atoms with Gasteiger partial charge in [0, 0.05) is 29.5 Å². The predicted octanol–water partition coefficient (Wildman–Crippen LogP) is 4.09. The number of anilines is 1. The quantitative estimate of drug-likeness (QED) is 0.624. The first kappa shape index (κ1) is 22.9. The van der Waals surface area contributed by atoms with Crippen molar-refractivity contribution in [2.24, 2.45) is 4.99 Å². The monoisotopic (exact) mass is 476 g/mol. The van der Waals surface area contributed by atoms with E-state index in [1.54, 1.807) is 0 Å². The zero-order valence-electron chi connectivity index (χ0n) is 17.2. The number of aliphatic imine (C=N–C) groups is 1. The minimum atomic E-state index is 0.590. The summed E-state index contributed by atoms with van der Waals surface area (Å²) in [5.41, 5.74) is 3.12. The van der Waals surface area contributed by atoms with Gasteiger partial charge in [-0.25, -0.2) is 0 Å². The molecule has 0 radical (unpaired) electrons. The molecule has 0 unspecified atom stereocenters. The summed E-state index contributed by atoms with van der Waals surface area (Å²) in [5, 5.41) is 0. The van der Waals surface area contributed by atoms with Gasteiger partial charge in [0.1, 0.15) is 0 Å². The van der Waals surface area contributed by atoms with E-state index in [1.807, 2.05) is 30.5 Å². The van der Waals surface area contributed by atoms with Crippen LogP contribution in [0.15, 0.2) is 58.0 Å². The van der Waals surface area contributed by atoms with Crippen molar-refractivity contribution >= 4 is 33.5 Å². The van der Waals surface area contributed by atoms with E-state index in [4.69, 9.17) is 18.9 Å². The molecule has 30 heavy (non-hydrogen) atoms. The third kappa shape index (κ3) is 8.53. The summed E-state index contributed by atoms with van der Waals surface area (Å²) >= 11 is 3.44. The van der Waals surface area contributed by atoms with Gasteiger partial charge in [0.05, 0.1) is 58.5 Å². The second kappa shape index (κ2) is 13.5. The Morgan fingerprint density at radius 1 is 0.667 bits per heavy atom. The van der Waals surface area contributed by atoms with Crippen LogP contribution in [0.4, 0.5) is 11.4 Å². The van der Waals surface area contributed by atoms with Crippen molar-refractivity contribution in [2.45, 2.75) is 0 Å². The summed E-state index contributed by atoms with van der Waals surface area (Å²) in [6.07, 6.45) is 1.88. The number of ether oxygens (including phenoxy) is 4. The van der Waals surface area contributed by atoms with E-state index < -0.39 is 0 Å². The molecule has 7 heteroatoms. The summed E-state index contributed by atoms with van der Waals surface area (Å²) < 4.78 is 23.4. The summed E-state index contributed by atoms with van der Waals surface area (Å²) in [5.74, 6) is 0. The van der Waals surface area contributed by atoms with E-state index in [0.717, 1.165) is 34.5 Å². The predicted molar refractivity (Wildman–Crippen MR) is 123 cm³/mol. The Morgan fingerprint density at radius 3 is 1.70 bits per heavy atom. The van der Waals surface area contributed by atoms with E-state index in [1.165, 1.54) is 0 Å². The number of halogens is 1. The van der Waals surface area contributed by atoms with Crippen molar-refractivity contribution in [1.82, 2.24) is 0 Å². The van der Waals surface area contributed by atoms with E-state index in [2.05, 4.69) is 50.1 Å². The average molecular weight is 477 g/mol. The van der Waals surface area contributed by atoms with E-state index in [0.29, 0.717) is 52.9 Å². The molecule has 1 saturated heterocycles. The molecule has 2 aromatic carbocycles. The molecular weight excluding hydrogens is 448 g/mol. The molecular formula is C23H29BrN2O4. The van der Waals surface area contributed by atoms with Gasteiger partial charge in [-0.15, -0.1) is 0 Å². The highest BCUT2D eigenvalue weighted by molar-refractivity contribution is 9.10. The maximum atomic E-state index is 5.71. The van der Waals surface area contributed by atoms with Gasteiger partial charge in [-0.3, -0.25) is 4.99 Å². The van der Waals surface area contributed by atoms with Crippen LogP contribution in [-0.4, -0.2) is 72.2 Å². The normalized spacial score (nSPS) is 18.1. The Labute approximate surface area is 186 Å². The average Bonchev–Trinajstić information content (AvgIpc) is 2.78. The molecule has 0 amide bonds. The van der Waals surface area contributed by atoms with Crippen molar-refractivity contribution in [3.8, 4) is 0 Å². The third-order valence-corrected chi connectivity index (χ3v) is 5.10. The lowest BCUT2D eigenvalue weighted by Gasteiger charge is -2.25. The topological polar surface area (TPSA) is 52.5 Å². The van der Waals surface area contributed by atoms with Crippen molar-refractivity contribution in [2.75, 3.05) is 70.8 Å². The lowest BCUT2D eigenvalue weighted by Crippen LogP contribution is -2.31. The Hall–Kier alpha value is -1.77. The molecule has 0 bridgehead atoms. The van der Waals surface area contributed by atoms with Crippen LogP contribution < -0.4 is 4.90 Å². The third-order valence-electron chi connectivity index (χ3n) is 4.57. The van der Waals surface area contributed by atoms with E-state index in [9.17, 15) is 0 Å². The number of benzene rings is 2. The summed E-state index contributed by atoms with van der Waals surface area (Å²) in [7, 11) is 0. The fourth-order valence-electron chi connectivity index (χ4n) is 2.93. The van der Waals surface area contributed by atoms with Crippen LogP contribution in [0, 0.1) is 0 Å². The molecule has 0 aliphatic carbocycles. The van der Waals surface area contributed by atoms with E-state index >= 15 is 0 Å². The molecule has 6 nitrogen and oxygen atoms in total. The van der Waals surface area contributed by atoms with Crippen LogP contribution in [0.5, 0.6) is 0 Å². The van der Waals surface area contributed by atoms with Crippen LogP contribution in [0.1, 0.15) is 5.56 Å². The second-order valence-corrected chi connectivity index (χ2v) is 7.68. The zero-order valence-corrected chi connectivity index (χ0v) is 18.8. The highest BCUT2D eigenvalue weighted by Crippen LogP contribution is 2.18. The summed E-state index contributed by atoms with van der Waals surface area (Å²) in [6, 6.07) is 16.3.